The first-order chi connectivity index (χ1) is 12.1. The van der Waals surface area contributed by atoms with Crippen LogP contribution in [0.15, 0.2) is 11.4 Å². The molecule has 0 radical (unpaired) electrons. The lowest BCUT2D eigenvalue weighted by Gasteiger charge is -2.35. The van der Waals surface area contributed by atoms with Gasteiger partial charge in [0.2, 0.25) is 11.8 Å². The normalized spacial score (nSPS) is 26.8. The van der Waals surface area contributed by atoms with Gasteiger partial charge in [0.15, 0.2) is 0 Å². The van der Waals surface area contributed by atoms with Crippen LogP contribution >= 0.6 is 23.7 Å². The van der Waals surface area contributed by atoms with Gasteiger partial charge in [-0.3, -0.25) is 9.59 Å². The molecular formula is C19H28ClN3O2S. The van der Waals surface area contributed by atoms with Gasteiger partial charge in [-0.25, -0.2) is 0 Å². The highest BCUT2D eigenvalue weighted by Gasteiger charge is 2.36. The fourth-order valence-electron chi connectivity index (χ4n) is 4.56. The molecule has 4 rings (SSSR count). The molecule has 2 fully saturated rings. The zero-order valence-corrected chi connectivity index (χ0v) is 16.9. The van der Waals surface area contributed by atoms with E-state index in [-0.39, 0.29) is 24.2 Å². The molecule has 144 valence electrons. The Morgan fingerprint density at radius 1 is 1.27 bits per heavy atom. The maximum atomic E-state index is 12.6. The Hall–Kier alpha value is -1.11. The number of carbonyl (C=O) groups excluding carboxylic acids is 2. The highest BCUT2D eigenvalue weighted by molar-refractivity contribution is 7.10. The van der Waals surface area contributed by atoms with Gasteiger partial charge in [-0.05, 0) is 49.1 Å². The molecule has 3 aliphatic rings. The van der Waals surface area contributed by atoms with Gasteiger partial charge >= 0.3 is 0 Å². The summed E-state index contributed by atoms with van der Waals surface area (Å²) in [4.78, 5) is 30.3. The summed E-state index contributed by atoms with van der Waals surface area (Å²) in [5.74, 6) is 0.233. The standard InChI is InChI=1S/C19H27N3O2S.ClH/c1-21(16-10-14-2-3-15(11-16)20-14)18(23)4-5-19(24)22-8-6-17-13(12-22)7-9-25-17;/h7,9,14-16,20H,2-6,8,10-12H2,1H3;1H. The average Bonchev–Trinajstić information content (AvgIpc) is 3.23. The first kappa shape index (κ1) is 19.6. The molecule has 1 N–H and O–H groups in total. The maximum absolute atomic E-state index is 12.6. The Labute approximate surface area is 165 Å². The third kappa shape index (κ3) is 4.07. The van der Waals surface area contributed by atoms with Gasteiger partial charge in [0.25, 0.3) is 0 Å². The van der Waals surface area contributed by atoms with Gasteiger partial charge in [0.1, 0.15) is 0 Å². The number of hydrogen-bond donors (Lipinski definition) is 1. The zero-order chi connectivity index (χ0) is 17.4. The van der Waals surface area contributed by atoms with Crippen molar-refractivity contribution in [3.05, 3.63) is 21.9 Å². The van der Waals surface area contributed by atoms with Crippen molar-refractivity contribution in [2.45, 2.75) is 69.6 Å². The van der Waals surface area contributed by atoms with Crippen LogP contribution in [0.2, 0.25) is 0 Å². The summed E-state index contributed by atoms with van der Waals surface area (Å²) in [7, 11) is 1.92. The summed E-state index contributed by atoms with van der Waals surface area (Å²) in [5, 5.41) is 5.72. The third-order valence-electron chi connectivity index (χ3n) is 6.10. The first-order valence-electron chi connectivity index (χ1n) is 9.45. The molecule has 1 aromatic rings. The van der Waals surface area contributed by atoms with Crippen molar-refractivity contribution in [2.24, 2.45) is 0 Å². The van der Waals surface area contributed by atoms with Crippen LogP contribution in [0.3, 0.4) is 0 Å². The molecule has 7 heteroatoms. The van der Waals surface area contributed by atoms with Gasteiger partial charge in [-0.2, -0.15) is 0 Å². The molecule has 0 aliphatic carbocycles. The van der Waals surface area contributed by atoms with E-state index < -0.39 is 0 Å². The number of amides is 2. The van der Waals surface area contributed by atoms with E-state index in [0.717, 1.165) is 25.8 Å². The number of piperidine rings is 1. The minimum Gasteiger partial charge on any atom is -0.343 e. The van der Waals surface area contributed by atoms with Crippen LogP contribution in [0.1, 0.15) is 49.0 Å². The molecule has 0 aromatic carbocycles. The Morgan fingerprint density at radius 2 is 2.00 bits per heavy atom. The lowest BCUT2D eigenvalue weighted by atomic mass is 9.98. The summed E-state index contributed by atoms with van der Waals surface area (Å²) >= 11 is 1.78. The number of rotatable bonds is 4. The number of nitrogens with one attached hydrogen (secondary N) is 1. The monoisotopic (exact) mass is 397 g/mol. The lowest BCUT2D eigenvalue weighted by molar-refractivity contribution is -0.138. The minimum atomic E-state index is 0. The van der Waals surface area contributed by atoms with Crippen LogP contribution in [0, 0.1) is 0 Å². The molecule has 26 heavy (non-hydrogen) atoms. The molecule has 0 spiro atoms. The molecule has 5 nitrogen and oxygen atoms in total. The van der Waals surface area contributed by atoms with Crippen molar-refractivity contribution in [3.63, 3.8) is 0 Å². The predicted molar refractivity (Wildman–Crippen MR) is 106 cm³/mol. The Morgan fingerprint density at radius 3 is 2.73 bits per heavy atom. The van der Waals surface area contributed by atoms with E-state index in [0.29, 0.717) is 37.5 Å². The van der Waals surface area contributed by atoms with Crippen molar-refractivity contribution < 1.29 is 9.59 Å². The van der Waals surface area contributed by atoms with Gasteiger partial charge < -0.3 is 15.1 Å². The minimum absolute atomic E-state index is 0. The second kappa shape index (κ2) is 8.28. The van der Waals surface area contributed by atoms with Crippen LogP contribution in [0.4, 0.5) is 0 Å². The zero-order valence-electron chi connectivity index (χ0n) is 15.3. The SMILES string of the molecule is CN(C(=O)CCC(=O)N1CCc2sccc2C1)C1CC2CCC(C1)N2.Cl. The number of hydrogen-bond acceptors (Lipinski definition) is 4. The quantitative estimate of drug-likeness (QED) is 0.849. The van der Waals surface area contributed by atoms with Gasteiger partial charge in [0, 0.05) is 56.0 Å². The molecule has 2 amide bonds. The summed E-state index contributed by atoms with van der Waals surface area (Å²) in [6, 6.07) is 3.61. The molecule has 2 saturated heterocycles. The fraction of sp³-hybridized carbons (Fsp3) is 0.684. The number of nitrogens with zero attached hydrogens (tertiary/aromatic N) is 2. The Balaban J connectivity index is 0.00000196. The van der Waals surface area contributed by atoms with Gasteiger partial charge in [-0.1, -0.05) is 0 Å². The topological polar surface area (TPSA) is 52.7 Å². The van der Waals surface area contributed by atoms with E-state index in [4.69, 9.17) is 0 Å². The summed E-state index contributed by atoms with van der Waals surface area (Å²) in [6.07, 6.45) is 6.20. The number of halogens is 1. The number of carbonyl (C=O) groups is 2. The van der Waals surface area contributed by atoms with Crippen molar-refractivity contribution in [1.82, 2.24) is 15.1 Å². The van der Waals surface area contributed by atoms with Crippen molar-refractivity contribution >= 4 is 35.6 Å². The summed E-state index contributed by atoms with van der Waals surface area (Å²) < 4.78 is 0. The Kier molecular flexibility index (Phi) is 6.25. The van der Waals surface area contributed by atoms with E-state index in [1.165, 1.54) is 23.3 Å². The van der Waals surface area contributed by atoms with Crippen LogP contribution in [0.5, 0.6) is 0 Å². The summed E-state index contributed by atoms with van der Waals surface area (Å²) in [5.41, 5.74) is 1.28. The largest absolute Gasteiger partial charge is 0.343 e. The first-order valence-corrected chi connectivity index (χ1v) is 10.3. The third-order valence-corrected chi connectivity index (χ3v) is 7.13. The molecule has 2 unspecified atom stereocenters. The Bertz CT molecular complexity index is 653. The molecule has 3 aliphatic heterocycles. The highest BCUT2D eigenvalue weighted by atomic mass is 35.5. The average molecular weight is 398 g/mol. The fourth-order valence-corrected chi connectivity index (χ4v) is 5.45. The van der Waals surface area contributed by atoms with Crippen molar-refractivity contribution in [3.8, 4) is 0 Å². The van der Waals surface area contributed by atoms with Crippen molar-refractivity contribution in [1.29, 1.82) is 0 Å². The second-order valence-corrected chi connectivity index (χ2v) is 8.70. The van der Waals surface area contributed by atoms with Gasteiger partial charge in [0.05, 0.1) is 0 Å². The van der Waals surface area contributed by atoms with E-state index in [9.17, 15) is 9.59 Å². The molecule has 4 heterocycles. The van der Waals surface area contributed by atoms with Crippen LogP contribution < -0.4 is 5.32 Å². The molecule has 2 bridgehead atoms. The second-order valence-electron chi connectivity index (χ2n) is 7.70. The summed E-state index contributed by atoms with van der Waals surface area (Å²) in [6.45, 7) is 1.49. The molecular weight excluding hydrogens is 370 g/mol. The van der Waals surface area contributed by atoms with Crippen LogP contribution in [-0.4, -0.2) is 53.3 Å². The predicted octanol–water partition coefficient (Wildman–Crippen LogP) is 2.58. The van der Waals surface area contributed by atoms with Crippen molar-refractivity contribution in [2.75, 3.05) is 13.6 Å². The van der Waals surface area contributed by atoms with E-state index in [2.05, 4.69) is 16.8 Å². The number of thiophene rings is 1. The maximum Gasteiger partial charge on any atom is 0.223 e. The highest BCUT2D eigenvalue weighted by Crippen LogP contribution is 2.29. The molecule has 0 saturated carbocycles. The van der Waals surface area contributed by atoms with Crippen LogP contribution in [0.25, 0.3) is 0 Å². The van der Waals surface area contributed by atoms with Crippen LogP contribution in [-0.2, 0) is 22.6 Å². The van der Waals surface area contributed by atoms with E-state index in [1.54, 1.807) is 11.3 Å². The van der Waals surface area contributed by atoms with E-state index >= 15 is 0 Å². The molecule has 1 aromatic heterocycles. The number of fused-ring (bicyclic) bond motifs is 3. The van der Waals surface area contributed by atoms with Gasteiger partial charge in [-0.15, -0.1) is 23.7 Å². The lowest BCUT2D eigenvalue weighted by Crippen LogP contribution is -2.48. The smallest absolute Gasteiger partial charge is 0.223 e. The van der Waals surface area contributed by atoms with E-state index in [1.807, 2.05) is 16.8 Å². The molecule has 2 atom stereocenters.